The van der Waals surface area contributed by atoms with Gasteiger partial charge >= 0.3 is 0 Å². The summed E-state index contributed by atoms with van der Waals surface area (Å²) in [5, 5.41) is 7.95. The Morgan fingerprint density at radius 2 is 2.30 bits per heavy atom. The van der Waals surface area contributed by atoms with Crippen molar-refractivity contribution in [2.45, 2.75) is 37.2 Å². The van der Waals surface area contributed by atoms with Crippen molar-refractivity contribution >= 4 is 11.8 Å². The number of hydrogen-bond acceptors (Lipinski definition) is 3. The van der Waals surface area contributed by atoms with Gasteiger partial charge in [0.15, 0.2) is 0 Å². The number of fused-ring (bicyclic) bond motifs is 1. The Balaban J connectivity index is 1.70. The highest BCUT2D eigenvalue weighted by Crippen LogP contribution is 2.39. The average Bonchev–Trinajstić information content (AvgIpc) is 3.08. The van der Waals surface area contributed by atoms with E-state index in [-0.39, 0.29) is 0 Å². The second-order valence-corrected chi connectivity index (χ2v) is 6.38. The van der Waals surface area contributed by atoms with Gasteiger partial charge < -0.3 is 5.32 Å². The maximum atomic E-state index is 4.52. The predicted molar refractivity (Wildman–Crippen MR) is 84.2 cm³/mol. The van der Waals surface area contributed by atoms with Crippen LogP contribution in [0.5, 0.6) is 0 Å². The standard InChI is InChI=1S/C16H21N3S/c1-3-17-12(2)13-8-18-19(9-13)10-14-11-20-16-7-5-4-6-15(14)16/h4-9,12,14,17H,3,10-11H2,1-2H3. The summed E-state index contributed by atoms with van der Waals surface area (Å²) in [4.78, 5) is 1.44. The molecule has 0 bridgehead atoms. The third kappa shape index (κ3) is 2.76. The molecular formula is C16H21N3S. The molecule has 1 aliphatic rings. The van der Waals surface area contributed by atoms with Crippen LogP contribution in [0.1, 0.15) is 36.9 Å². The molecule has 0 amide bonds. The van der Waals surface area contributed by atoms with Gasteiger partial charge in [0, 0.05) is 40.9 Å². The molecule has 4 heteroatoms. The van der Waals surface area contributed by atoms with Gasteiger partial charge in [-0.1, -0.05) is 25.1 Å². The van der Waals surface area contributed by atoms with E-state index in [4.69, 9.17) is 0 Å². The molecule has 106 valence electrons. The Hall–Kier alpha value is -1.26. The minimum absolute atomic E-state index is 0.374. The summed E-state index contributed by atoms with van der Waals surface area (Å²) in [6.45, 7) is 6.28. The van der Waals surface area contributed by atoms with Crippen LogP contribution in [-0.4, -0.2) is 22.1 Å². The lowest BCUT2D eigenvalue weighted by molar-refractivity contribution is 0.546. The zero-order valence-corrected chi connectivity index (χ0v) is 12.9. The molecule has 2 heterocycles. The quantitative estimate of drug-likeness (QED) is 0.913. The Morgan fingerprint density at radius 3 is 3.15 bits per heavy atom. The van der Waals surface area contributed by atoms with Crippen LogP contribution in [-0.2, 0) is 6.54 Å². The van der Waals surface area contributed by atoms with E-state index in [1.807, 2.05) is 18.0 Å². The maximum absolute atomic E-state index is 4.52. The zero-order valence-electron chi connectivity index (χ0n) is 12.0. The van der Waals surface area contributed by atoms with Crippen molar-refractivity contribution in [2.24, 2.45) is 0 Å². The van der Waals surface area contributed by atoms with Crippen LogP contribution in [0.3, 0.4) is 0 Å². The number of aromatic nitrogens is 2. The van der Waals surface area contributed by atoms with E-state index in [2.05, 4.69) is 59.4 Å². The first-order valence-corrected chi connectivity index (χ1v) is 8.24. The molecule has 1 N–H and O–H groups in total. The molecule has 2 atom stereocenters. The molecule has 3 rings (SSSR count). The molecule has 0 aliphatic carbocycles. The minimum atomic E-state index is 0.374. The van der Waals surface area contributed by atoms with Crippen LogP contribution in [0.25, 0.3) is 0 Å². The third-order valence-electron chi connectivity index (χ3n) is 3.87. The molecule has 2 aromatic rings. The molecule has 20 heavy (non-hydrogen) atoms. The topological polar surface area (TPSA) is 29.9 Å². The highest BCUT2D eigenvalue weighted by atomic mass is 32.2. The molecule has 2 unspecified atom stereocenters. The second-order valence-electron chi connectivity index (χ2n) is 5.32. The highest BCUT2D eigenvalue weighted by Gasteiger charge is 2.23. The lowest BCUT2D eigenvalue weighted by Crippen LogP contribution is -2.17. The van der Waals surface area contributed by atoms with Crippen LogP contribution in [0.2, 0.25) is 0 Å². The largest absolute Gasteiger partial charge is 0.310 e. The van der Waals surface area contributed by atoms with Gasteiger partial charge in [-0.25, -0.2) is 0 Å². The van der Waals surface area contributed by atoms with Crippen molar-refractivity contribution in [2.75, 3.05) is 12.3 Å². The molecule has 0 saturated carbocycles. The molecule has 1 aromatic heterocycles. The normalized spacial score (nSPS) is 19.0. The predicted octanol–water partition coefficient (Wildman–Crippen LogP) is 3.44. The number of hydrogen-bond donors (Lipinski definition) is 1. The fourth-order valence-corrected chi connectivity index (χ4v) is 3.98. The van der Waals surface area contributed by atoms with Gasteiger partial charge in [-0.05, 0) is 25.1 Å². The molecular weight excluding hydrogens is 266 g/mol. The molecule has 0 spiro atoms. The Bertz CT molecular complexity index is 579. The average molecular weight is 287 g/mol. The summed E-state index contributed by atoms with van der Waals surface area (Å²) in [5.74, 6) is 1.75. The Kier molecular flexibility index (Phi) is 4.13. The number of nitrogens with zero attached hydrogens (tertiary/aromatic N) is 2. The van der Waals surface area contributed by atoms with Crippen molar-refractivity contribution in [3.05, 3.63) is 47.8 Å². The lowest BCUT2D eigenvalue weighted by Gasteiger charge is -2.11. The third-order valence-corrected chi connectivity index (χ3v) is 5.12. The monoisotopic (exact) mass is 287 g/mol. The van der Waals surface area contributed by atoms with Gasteiger partial charge in [0.05, 0.1) is 6.20 Å². The minimum Gasteiger partial charge on any atom is -0.310 e. The van der Waals surface area contributed by atoms with Crippen LogP contribution in [0, 0.1) is 0 Å². The fourth-order valence-electron chi connectivity index (χ4n) is 2.73. The Labute approximate surface area is 124 Å². The van der Waals surface area contributed by atoms with Gasteiger partial charge in [0.2, 0.25) is 0 Å². The summed E-state index contributed by atoms with van der Waals surface area (Å²) in [7, 11) is 0. The van der Waals surface area contributed by atoms with Gasteiger partial charge in [0.1, 0.15) is 0 Å². The van der Waals surface area contributed by atoms with Crippen molar-refractivity contribution in [1.82, 2.24) is 15.1 Å². The van der Waals surface area contributed by atoms with Crippen LogP contribution >= 0.6 is 11.8 Å². The number of benzene rings is 1. The first-order valence-electron chi connectivity index (χ1n) is 7.25. The van der Waals surface area contributed by atoms with Crippen molar-refractivity contribution in [3.8, 4) is 0 Å². The Morgan fingerprint density at radius 1 is 1.45 bits per heavy atom. The van der Waals surface area contributed by atoms with Crippen LogP contribution < -0.4 is 5.32 Å². The maximum Gasteiger partial charge on any atom is 0.0537 e. The van der Waals surface area contributed by atoms with E-state index in [1.54, 1.807) is 0 Å². The number of nitrogens with one attached hydrogen (secondary N) is 1. The second kappa shape index (κ2) is 6.02. The first-order chi connectivity index (χ1) is 9.78. The van der Waals surface area contributed by atoms with Crippen LogP contribution in [0.15, 0.2) is 41.6 Å². The number of rotatable bonds is 5. The van der Waals surface area contributed by atoms with Crippen molar-refractivity contribution in [1.29, 1.82) is 0 Å². The molecule has 0 saturated heterocycles. The van der Waals surface area contributed by atoms with Gasteiger partial charge in [0.25, 0.3) is 0 Å². The van der Waals surface area contributed by atoms with E-state index < -0.39 is 0 Å². The van der Waals surface area contributed by atoms with E-state index in [1.165, 1.54) is 16.0 Å². The summed E-state index contributed by atoms with van der Waals surface area (Å²) >= 11 is 1.96. The van der Waals surface area contributed by atoms with E-state index >= 15 is 0 Å². The van der Waals surface area contributed by atoms with Gasteiger partial charge in [-0.2, -0.15) is 5.10 Å². The molecule has 0 fully saturated rings. The lowest BCUT2D eigenvalue weighted by atomic mass is 10.0. The zero-order chi connectivity index (χ0) is 13.9. The molecule has 0 radical (unpaired) electrons. The summed E-state index contributed by atoms with van der Waals surface area (Å²) < 4.78 is 2.09. The molecule has 3 nitrogen and oxygen atoms in total. The molecule has 1 aromatic carbocycles. The van der Waals surface area contributed by atoms with Crippen LogP contribution in [0.4, 0.5) is 0 Å². The molecule has 1 aliphatic heterocycles. The van der Waals surface area contributed by atoms with Crippen molar-refractivity contribution in [3.63, 3.8) is 0 Å². The fraction of sp³-hybridized carbons (Fsp3) is 0.438. The highest BCUT2D eigenvalue weighted by molar-refractivity contribution is 7.99. The van der Waals surface area contributed by atoms with E-state index in [0.29, 0.717) is 12.0 Å². The smallest absolute Gasteiger partial charge is 0.0537 e. The van der Waals surface area contributed by atoms with Gasteiger partial charge in [-0.3, -0.25) is 4.68 Å². The van der Waals surface area contributed by atoms with E-state index in [0.717, 1.165) is 18.8 Å². The van der Waals surface area contributed by atoms with E-state index in [9.17, 15) is 0 Å². The van der Waals surface area contributed by atoms with Gasteiger partial charge in [-0.15, -0.1) is 11.8 Å². The van der Waals surface area contributed by atoms with Crippen molar-refractivity contribution < 1.29 is 0 Å². The SMILES string of the molecule is CCNC(C)c1cnn(CC2CSc3ccccc32)c1. The first kappa shape index (κ1) is 13.7. The number of thioether (sulfide) groups is 1. The summed E-state index contributed by atoms with van der Waals surface area (Å²) in [6, 6.07) is 9.12. The summed E-state index contributed by atoms with van der Waals surface area (Å²) in [5.41, 5.74) is 2.75. The summed E-state index contributed by atoms with van der Waals surface area (Å²) in [6.07, 6.45) is 4.17.